The van der Waals surface area contributed by atoms with Gasteiger partial charge in [0, 0.05) is 4.88 Å². The number of esters is 1. The maximum Gasteiger partial charge on any atom is 0.328 e. The summed E-state index contributed by atoms with van der Waals surface area (Å²) in [4.78, 5) is 12.8. The fourth-order valence-electron chi connectivity index (χ4n) is 2.24. The second-order valence-electron chi connectivity index (χ2n) is 4.57. The SMILES string of the molecule is COC(=O)C(NCC1CCNCC1)c1cccs1. The van der Waals surface area contributed by atoms with Crippen molar-refractivity contribution in [1.29, 1.82) is 0 Å². The average molecular weight is 268 g/mol. The molecule has 1 atom stereocenters. The van der Waals surface area contributed by atoms with E-state index >= 15 is 0 Å². The van der Waals surface area contributed by atoms with Crippen molar-refractivity contribution in [3.05, 3.63) is 22.4 Å². The Morgan fingerprint density at radius 2 is 2.39 bits per heavy atom. The molecule has 1 unspecified atom stereocenters. The summed E-state index contributed by atoms with van der Waals surface area (Å²) in [6.45, 7) is 3.03. The van der Waals surface area contributed by atoms with Gasteiger partial charge in [-0.05, 0) is 49.8 Å². The molecule has 1 aliphatic rings. The topological polar surface area (TPSA) is 50.4 Å². The number of ether oxygens (including phenoxy) is 1. The molecule has 4 nitrogen and oxygen atoms in total. The Bertz CT molecular complexity index is 361. The fraction of sp³-hybridized carbons (Fsp3) is 0.615. The molecule has 2 N–H and O–H groups in total. The lowest BCUT2D eigenvalue weighted by Gasteiger charge is -2.24. The maximum atomic E-state index is 11.8. The highest BCUT2D eigenvalue weighted by Gasteiger charge is 2.23. The maximum absolute atomic E-state index is 11.8. The van der Waals surface area contributed by atoms with E-state index in [1.165, 1.54) is 20.0 Å². The molecule has 100 valence electrons. The number of piperidine rings is 1. The molecule has 0 aliphatic carbocycles. The molecule has 18 heavy (non-hydrogen) atoms. The van der Waals surface area contributed by atoms with E-state index in [-0.39, 0.29) is 12.0 Å². The summed E-state index contributed by atoms with van der Waals surface area (Å²) >= 11 is 1.59. The van der Waals surface area contributed by atoms with Crippen molar-refractivity contribution in [3.8, 4) is 0 Å². The van der Waals surface area contributed by atoms with E-state index in [0.717, 1.165) is 24.5 Å². The zero-order valence-corrected chi connectivity index (χ0v) is 11.5. The zero-order valence-electron chi connectivity index (χ0n) is 10.6. The van der Waals surface area contributed by atoms with Gasteiger partial charge in [-0.2, -0.15) is 0 Å². The van der Waals surface area contributed by atoms with Gasteiger partial charge in [-0.25, -0.2) is 4.79 Å². The third kappa shape index (κ3) is 3.54. The highest BCUT2D eigenvalue weighted by Crippen LogP contribution is 2.21. The summed E-state index contributed by atoms with van der Waals surface area (Å²) < 4.78 is 4.87. The number of hydrogen-bond donors (Lipinski definition) is 2. The highest BCUT2D eigenvalue weighted by molar-refractivity contribution is 7.10. The second-order valence-corrected chi connectivity index (χ2v) is 5.55. The van der Waals surface area contributed by atoms with E-state index < -0.39 is 0 Å². The normalized spacial score (nSPS) is 18.5. The molecule has 0 radical (unpaired) electrons. The first-order valence-corrected chi connectivity index (χ1v) is 7.24. The Labute approximate surface area is 112 Å². The Balaban J connectivity index is 1.91. The molecular formula is C13H20N2O2S. The summed E-state index contributed by atoms with van der Waals surface area (Å²) in [6.07, 6.45) is 2.34. The van der Waals surface area contributed by atoms with E-state index in [0.29, 0.717) is 5.92 Å². The summed E-state index contributed by atoms with van der Waals surface area (Å²) in [7, 11) is 1.44. The molecule has 1 saturated heterocycles. The quantitative estimate of drug-likeness (QED) is 0.796. The van der Waals surface area contributed by atoms with Gasteiger partial charge in [-0.15, -0.1) is 11.3 Å². The number of methoxy groups -OCH3 is 1. The highest BCUT2D eigenvalue weighted by atomic mass is 32.1. The number of carbonyl (C=O) groups is 1. The molecule has 1 aromatic rings. The predicted molar refractivity (Wildman–Crippen MR) is 72.7 cm³/mol. The van der Waals surface area contributed by atoms with Crippen molar-refractivity contribution in [2.75, 3.05) is 26.7 Å². The molecule has 0 spiro atoms. The fourth-order valence-corrected chi connectivity index (χ4v) is 3.03. The number of rotatable bonds is 5. The number of thiophene rings is 1. The number of nitrogens with one attached hydrogen (secondary N) is 2. The molecule has 0 saturated carbocycles. The number of carbonyl (C=O) groups excluding carboxylic acids is 1. The van der Waals surface area contributed by atoms with Crippen molar-refractivity contribution in [2.24, 2.45) is 5.92 Å². The molecule has 0 bridgehead atoms. The van der Waals surface area contributed by atoms with Crippen LogP contribution < -0.4 is 10.6 Å². The first kappa shape index (κ1) is 13.5. The van der Waals surface area contributed by atoms with Crippen LogP contribution in [0.3, 0.4) is 0 Å². The molecule has 1 aromatic heterocycles. The smallest absolute Gasteiger partial charge is 0.328 e. The molecule has 0 amide bonds. The third-order valence-corrected chi connectivity index (χ3v) is 4.27. The molecule has 5 heteroatoms. The van der Waals surface area contributed by atoms with Gasteiger partial charge in [0.2, 0.25) is 0 Å². The Hall–Kier alpha value is -0.910. The Morgan fingerprint density at radius 3 is 3.00 bits per heavy atom. The average Bonchev–Trinajstić information content (AvgIpc) is 2.94. The lowest BCUT2D eigenvalue weighted by atomic mass is 9.98. The van der Waals surface area contributed by atoms with Gasteiger partial charge in [-0.1, -0.05) is 6.07 Å². The van der Waals surface area contributed by atoms with Crippen LogP contribution in [-0.4, -0.2) is 32.7 Å². The van der Waals surface area contributed by atoms with Gasteiger partial charge in [0.05, 0.1) is 7.11 Å². The monoisotopic (exact) mass is 268 g/mol. The van der Waals surface area contributed by atoms with E-state index in [1.807, 2.05) is 17.5 Å². The van der Waals surface area contributed by atoms with Crippen LogP contribution in [0.1, 0.15) is 23.8 Å². The first-order valence-electron chi connectivity index (χ1n) is 6.36. The molecule has 2 heterocycles. The van der Waals surface area contributed by atoms with E-state index in [9.17, 15) is 4.79 Å². The van der Waals surface area contributed by atoms with Gasteiger partial charge in [0.1, 0.15) is 6.04 Å². The number of hydrogen-bond acceptors (Lipinski definition) is 5. The van der Waals surface area contributed by atoms with Crippen molar-refractivity contribution >= 4 is 17.3 Å². The molecule has 2 rings (SSSR count). The summed E-state index contributed by atoms with van der Waals surface area (Å²) in [5, 5.41) is 8.68. The van der Waals surface area contributed by atoms with Gasteiger partial charge in [-0.3, -0.25) is 5.32 Å². The summed E-state index contributed by atoms with van der Waals surface area (Å²) in [6, 6.07) is 3.62. The standard InChI is InChI=1S/C13H20N2O2S/c1-17-13(16)12(11-3-2-8-18-11)15-9-10-4-6-14-7-5-10/h2-3,8,10,12,14-15H,4-7,9H2,1H3. The lowest BCUT2D eigenvalue weighted by Crippen LogP contribution is -2.37. The van der Waals surface area contributed by atoms with Crippen LogP contribution in [0.15, 0.2) is 17.5 Å². The Kier molecular flexibility index (Phi) is 5.16. The third-order valence-electron chi connectivity index (χ3n) is 3.33. The van der Waals surface area contributed by atoms with Crippen LogP contribution in [0.2, 0.25) is 0 Å². The summed E-state index contributed by atoms with van der Waals surface area (Å²) in [5.74, 6) is 0.449. The van der Waals surface area contributed by atoms with Crippen molar-refractivity contribution < 1.29 is 9.53 Å². The zero-order chi connectivity index (χ0) is 12.8. The van der Waals surface area contributed by atoms with E-state index in [2.05, 4.69) is 10.6 Å². The summed E-state index contributed by atoms with van der Waals surface area (Å²) in [5.41, 5.74) is 0. The van der Waals surface area contributed by atoms with Crippen LogP contribution >= 0.6 is 11.3 Å². The van der Waals surface area contributed by atoms with E-state index in [4.69, 9.17) is 4.74 Å². The van der Waals surface area contributed by atoms with Crippen LogP contribution in [0.5, 0.6) is 0 Å². The van der Waals surface area contributed by atoms with Crippen LogP contribution in [-0.2, 0) is 9.53 Å². The minimum absolute atomic E-state index is 0.202. The van der Waals surface area contributed by atoms with Crippen LogP contribution in [0.4, 0.5) is 0 Å². The van der Waals surface area contributed by atoms with Crippen LogP contribution in [0, 0.1) is 5.92 Å². The lowest BCUT2D eigenvalue weighted by molar-refractivity contribution is -0.143. The second kappa shape index (κ2) is 6.87. The van der Waals surface area contributed by atoms with Gasteiger partial charge >= 0.3 is 5.97 Å². The van der Waals surface area contributed by atoms with Crippen LogP contribution in [0.25, 0.3) is 0 Å². The van der Waals surface area contributed by atoms with Crippen molar-refractivity contribution in [1.82, 2.24) is 10.6 Å². The Morgan fingerprint density at radius 1 is 1.61 bits per heavy atom. The first-order chi connectivity index (χ1) is 8.81. The molecular weight excluding hydrogens is 248 g/mol. The van der Waals surface area contributed by atoms with Gasteiger partial charge in [0.25, 0.3) is 0 Å². The molecule has 1 fully saturated rings. The van der Waals surface area contributed by atoms with Gasteiger partial charge < -0.3 is 10.1 Å². The van der Waals surface area contributed by atoms with Gasteiger partial charge in [0.15, 0.2) is 0 Å². The minimum atomic E-state index is -0.315. The van der Waals surface area contributed by atoms with E-state index in [1.54, 1.807) is 11.3 Å². The van der Waals surface area contributed by atoms with Crippen molar-refractivity contribution in [2.45, 2.75) is 18.9 Å². The predicted octanol–water partition coefficient (Wildman–Crippen LogP) is 1.55. The van der Waals surface area contributed by atoms with Crippen molar-refractivity contribution in [3.63, 3.8) is 0 Å². The molecule has 0 aromatic carbocycles. The molecule has 1 aliphatic heterocycles. The largest absolute Gasteiger partial charge is 0.468 e. The minimum Gasteiger partial charge on any atom is -0.468 e.